The number of aromatic nitrogens is 1. The van der Waals surface area contributed by atoms with Crippen LogP contribution < -0.4 is 11.1 Å². The minimum Gasteiger partial charge on any atom is -0.375 e. The van der Waals surface area contributed by atoms with Gasteiger partial charge in [0.2, 0.25) is 5.91 Å². The number of benzene rings is 1. The molecule has 1 aliphatic rings. The van der Waals surface area contributed by atoms with E-state index in [0.717, 1.165) is 42.9 Å². The highest BCUT2D eigenvalue weighted by Crippen LogP contribution is 2.21. The molecule has 0 spiro atoms. The molecule has 1 saturated heterocycles. The van der Waals surface area contributed by atoms with Crippen LogP contribution in [-0.4, -0.2) is 28.9 Å². The van der Waals surface area contributed by atoms with Crippen LogP contribution in [0.5, 0.6) is 0 Å². The van der Waals surface area contributed by atoms with E-state index < -0.39 is 0 Å². The molecule has 1 aromatic carbocycles. The molecule has 0 atom stereocenters. The average Bonchev–Trinajstić information content (AvgIpc) is 2.96. The number of anilines is 2. The van der Waals surface area contributed by atoms with E-state index in [4.69, 9.17) is 5.73 Å². The average molecular weight is 346 g/mol. The van der Waals surface area contributed by atoms with Gasteiger partial charge in [0.05, 0.1) is 0 Å². The molecule has 126 valence electrons. The molecule has 3 rings (SSSR count). The van der Waals surface area contributed by atoms with E-state index in [0.29, 0.717) is 10.8 Å². The molecule has 2 aromatic rings. The fraction of sp³-hybridized carbons (Fsp3) is 0.294. The van der Waals surface area contributed by atoms with Crippen LogP contribution in [0.2, 0.25) is 0 Å². The molecule has 3 N–H and O–H groups in total. The summed E-state index contributed by atoms with van der Waals surface area (Å²) < 4.78 is 12.9. The van der Waals surface area contributed by atoms with Gasteiger partial charge in [-0.25, -0.2) is 9.37 Å². The van der Waals surface area contributed by atoms with Gasteiger partial charge in [0, 0.05) is 42.5 Å². The minimum atomic E-state index is -0.318. The van der Waals surface area contributed by atoms with Crippen LogP contribution in [0.15, 0.2) is 42.1 Å². The SMILES string of the molecule is Nc1ncc(CN2CCC(=CC(=O)Nc3ccc(F)cc3)CC2)s1. The molecule has 1 aromatic heterocycles. The summed E-state index contributed by atoms with van der Waals surface area (Å²) >= 11 is 1.51. The Morgan fingerprint density at radius 1 is 1.33 bits per heavy atom. The number of nitrogens with two attached hydrogens (primary N) is 1. The van der Waals surface area contributed by atoms with Gasteiger partial charge in [-0.3, -0.25) is 9.69 Å². The molecule has 1 aliphatic heterocycles. The summed E-state index contributed by atoms with van der Waals surface area (Å²) in [5, 5.41) is 3.35. The molecule has 1 amide bonds. The highest BCUT2D eigenvalue weighted by molar-refractivity contribution is 7.15. The van der Waals surface area contributed by atoms with E-state index in [2.05, 4.69) is 15.2 Å². The maximum absolute atomic E-state index is 12.9. The number of carbonyl (C=O) groups is 1. The van der Waals surface area contributed by atoms with Gasteiger partial charge < -0.3 is 11.1 Å². The van der Waals surface area contributed by atoms with Crippen molar-refractivity contribution in [1.82, 2.24) is 9.88 Å². The number of nitrogens with one attached hydrogen (secondary N) is 1. The first-order chi connectivity index (χ1) is 11.6. The number of hydrogen-bond donors (Lipinski definition) is 2. The number of thiazole rings is 1. The van der Waals surface area contributed by atoms with E-state index in [1.54, 1.807) is 18.2 Å². The van der Waals surface area contributed by atoms with Crippen molar-refractivity contribution in [1.29, 1.82) is 0 Å². The third kappa shape index (κ3) is 4.62. The lowest BCUT2D eigenvalue weighted by Gasteiger charge is -2.27. The van der Waals surface area contributed by atoms with Gasteiger partial charge in [-0.2, -0.15) is 0 Å². The predicted octanol–water partition coefficient (Wildman–Crippen LogP) is 3.03. The van der Waals surface area contributed by atoms with Crippen molar-refractivity contribution in [3.63, 3.8) is 0 Å². The number of hydrogen-bond acceptors (Lipinski definition) is 5. The standard InChI is InChI=1S/C17H19FN4OS/c18-13-1-3-14(4-2-13)21-16(23)9-12-5-7-22(8-6-12)11-15-10-20-17(19)24-15/h1-4,9-10H,5-8,11H2,(H2,19,20)(H,21,23). The molecule has 24 heavy (non-hydrogen) atoms. The van der Waals surface area contributed by atoms with Gasteiger partial charge in [-0.05, 0) is 37.1 Å². The highest BCUT2D eigenvalue weighted by atomic mass is 32.1. The third-order valence-corrected chi connectivity index (χ3v) is 4.71. The van der Waals surface area contributed by atoms with Gasteiger partial charge in [-0.1, -0.05) is 5.57 Å². The van der Waals surface area contributed by atoms with Crippen molar-refractivity contribution in [3.8, 4) is 0 Å². The molecule has 0 bridgehead atoms. The van der Waals surface area contributed by atoms with Crippen LogP contribution in [0.1, 0.15) is 17.7 Å². The Balaban J connectivity index is 1.49. The molecular formula is C17H19FN4OS. The van der Waals surface area contributed by atoms with Crippen molar-refractivity contribution in [2.75, 3.05) is 24.1 Å². The first-order valence-electron chi connectivity index (χ1n) is 7.77. The largest absolute Gasteiger partial charge is 0.375 e. The van der Waals surface area contributed by atoms with Gasteiger partial charge in [-0.15, -0.1) is 11.3 Å². The molecule has 0 radical (unpaired) electrons. The van der Waals surface area contributed by atoms with Crippen molar-refractivity contribution in [2.24, 2.45) is 0 Å². The van der Waals surface area contributed by atoms with Gasteiger partial charge >= 0.3 is 0 Å². The molecule has 7 heteroatoms. The summed E-state index contributed by atoms with van der Waals surface area (Å²) in [4.78, 5) is 19.6. The van der Waals surface area contributed by atoms with Crippen LogP contribution in [0, 0.1) is 5.82 Å². The fourth-order valence-corrected chi connectivity index (χ4v) is 3.38. The van der Waals surface area contributed by atoms with Gasteiger partial charge in [0.25, 0.3) is 0 Å². The second kappa shape index (κ2) is 7.55. The zero-order valence-electron chi connectivity index (χ0n) is 13.2. The Kier molecular flexibility index (Phi) is 5.22. The minimum absolute atomic E-state index is 0.166. The first kappa shape index (κ1) is 16.6. The van der Waals surface area contributed by atoms with Crippen LogP contribution >= 0.6 is 11.3 Å². The maximum atomic E-state index is 12.9. The highest BCUT2D eigenvalue weighted by Gasteiger charge is 2.16. The quantitative estimate of drug-likeness (QED) is 0.835. The smallest absolute Gasteiger partial charge is 0.248 e. The van der Waals surface area contributed by atoms with Crippen molar-refractivity contribution >= 4 is 28.1 Å². The van der Waals surface area contributed by atoms with E-state index in [1.807, 2.05) is 6.20 Å². The first-order valence-corrected chi connectivity index (χ1v) is 8.59. The number of nitrogens with zero attached hydrogens (tertiary/aromatic N) is 2. The summed E-state index contributed by atoms with van der Waals surface area (Å²) in [7, 11) is 0. The zero-order valence-corrected chi connectivity index (χ0v) is 14.0. The number of piperidine rings is 1. The summed E-state index contributed by atoms with van der Waals surface area (Å²) in [5.41, 5.74) is 7.38. The van der Waals surface area contributed by atoms with Crippen molar-refractivity contribution < 1.29 is 9.18 Å². The second-order valence-corrected chi connectivity index (χ2v) is 6.89. The van der Waals surface area contributed by atoms with Gasteiger partial charge in [0.15, 0.2) is 5.13 Å². The summed E-state index contributed by atoms with van der Waals surface area (Å²) in [6, 6.07) is 5.76. The lowest BCUT2D eigenvalue weighted by molar-refractivity contribution is -0.112. The van der Waals surface area contributed by atoms with E-state index >= 15 is 0 Å². The number of rotatable bonds is 4. The Bertz CT molecular complexity index is 731. The van der Waals surface area contributed by atoms with E-state index in [1.165, 1.54) is 23.5 Å². The summed E-state index contributed by atoms with van der Waals surface area (Å²) in [6.45, 7) is 2.67. The van der Waals surface area contributed by atoms with Crippen molar-refractivity contribution in [3.05, 3.63) is 52.8 Å². The Labute approximate surface area is 144 Å². The van der Waals surface area contributed by atoms with E-state index in [9.17, 15) is 9.18 Å². The molecule has 1 fully saturated rings. The monoisotopic (exact) mass is 346 g/mol. The number of amides is 1. The molecule has 0 unspecified atom stereocenters. The Morgan fingerprint density at radius 3 is 2.67 bits per heavy atom. The lowest BCUT2D eigenvalue weighted by Crippen LogP contribution is -2.30. The van der Waals surface area contributed by atoms with Crippen LogP contribution in [0.3, 0.4) is 0 Å². The predicted molar refractivity (Wildman–Crippen MR) is 94.2 cm³/mol. The van der Waals surface area contributed by atoms with Crippen LogP contribution in [-0.2, 0) is 11.3 Å². The fourth-order valence-electron chi connectivity index (χ4n) is 2.66. The van der Waals surface area contributed by atoms with Gasteiger partial charge in [0.1, 0.15) is 5.82 Å². The van der Waals surface area contributed by atoms with Crippen molar-refractivity contribution in [2.45, 2.75) is 19.4 Å². The number of nitrogen functional groups attached to an aromatic ring is 1. The Hall–Kier alpha value is -2.25. The summed E-state index contributed by atoms with van der Waals surface area (Å²) in [5.74, 6) is -0.485. The number of halogens is 1. The summed E-state index contributed by atoms with van der Waals surface area (Å²) in [6.07, 6.45) is 5.21. The normalized spacial score (nSPS) is 15.3. The third-order valence-electron chi connectivity index (χ3n) is 3.90. The molecular weight excluding hydrogens is 327 g/mol. The second-order valence-electron chi connectivity index (χ2n) is 5.74. The molecule has 5 nitrogen and oxygen atoms in total. The zero-order chi connectivity index (χ0) is 16.9. The number of carbonyl (C=O) groups excluding carboxylic acids is 1. The number of likely N-dealkylation sites (tertiary alicyclic amines) is 1. The maximum Gasteiger partial charge on any atom is 0.248 e. The lowest BCUT2D eigenvalue weighted by atomic mass is 10.0. The van der Waals surface area contributed by atoms with Crippen LogP contribution in [0.25, 0.3) is 0 Å². The molecule has 0 saturated carbocycles. The molecule has 2 heterocycles. The topological polar surface area (TPSA) is 71.2 Å². The van der Waals surface area contributed by atoms with E-state index in [-0.39, 0.29) is 11.7 Å². The Morgan fingerprint density at radius 2 is 2.04 bits per heavy atom. The molecule has 0 aliphatic carbocycles. The van der Waals surface area contributed by atoms with Crippen LogP contribution in [0.4, 0.5) is 15.2 Å².